The molecule has 2 heterocycles. The normalized spacial score (nSPS) is 15.6. The summed E-state index contributed by atoms with van der Waals surface area (Å²) in [5.41, 5.74) is 0.644. The van der Waals surface area contributed by atoms with Crippen LogP contribution < -0.4 is 5.56 Å². The Balaban J connectivity index is 1.54. The second-order valence-electron chi connectivity index (χ2n) is 6.51. The molecule has 0 radical (unpaired) electrons. The average molecular weight is 369 g/mol. The van der Waals surface area contributed by atoms with Gasteiger partial charge in [-0.25, -0.2) is 4.98 Å². The van der Waals surface area contributed by atoms with Gasteiger partial charge in [0.05, 0.1) is 11.1 Å². The first-order valence-electron chi connectivity index (χ1n) is 8.74. The summed E-state index contributed by atoms with van der Waals surface area (Å²) in [6.07, 6.45) is 3.34. The molecule has 0 spiro atoms. The molecule has 134 valence electrons. The Hall–Kier alpha value is -2.54. The number of carbonyl (C=O) groups is 1. The van der Waals surface area contributed by atoms with E-state index in [1.54, 1.807) is 0 Å². The van der Waals surface area contributed by atoms with Gasteiger partial charge in [-0.2, -0.15) is 9.61 Å². The molecule has 0 N–H and O–H groups in total. The number of aryl methyl sites for hydroxylation is 1. The van der Waals surface area contributed by atoms with Gasteiger partial charge in [-0.05, 0) is 24.8 Å². The molecule has 26 heavy (non-hydrogen) atoms. The largest absolute Gasteiger partial charge is 0.458 e. The number of fused-ring (bicyclic) bond motifs is 1. The van der Waals surface area contributed by atoms with E-state index in [1.165, 1.54) is 21.9 Å². The van der Waals surface area contributed by atoms with Gasteiger partial charge < -0.3 is 4.74 Å². The second kappa shape index (κ2) is 6.64. The van der Waals surface area contributed by atoms with Crippen LogP contribution in [-0.4, -0.2) is 20.6 Å². The van der Waals surface area contributed by atoms with Crippen molar-refractivity contribution in [2.24, 2.45) is 0 Å². The van der Waals surface area contributed by atoms with Crippen LogP contribution in [-0.2, 0) is 28.0 Å². The molecule has 1 aliphatic rings. The van der Waals surface area contributed by atoms with E-state index < -0.39 is 5.41 Å². The summed E-state index contributed by atoms with van der Waals surface area (Å²) in [7, 11) is 0. The predicted molar refractivity (Wildman–Crippen MR) is 98.3 cm³/mol. The molecule has 2 aromatic heterocycles. The molecular formula is C19H19N3O3S. The van der Waals surface area contributed by atoms with Crippen LogP contribution in [0.25, 0.3) is 4.96 Å². The fraction of sp³-hybridized carbons (Fsp3) is 0.368. The molecule has 1 aliphatic carbocycles. The first-order valence-corrected chi connectivity index (χ1v) is 9.55. The van der Waals surface area contributed by atoms with Crippen molar-refractivity contribution in [3.05, 3.63) is 63.0 Å². The number of nitrogens with zero attached hydrogens (tertiary/aromatic N) is 3. The van der Waals surface area contributed by atoms with Crippen LogP contribution >= 0.6 is 11.3 Å². The van der Waals surface area contributed by atoms with Gasteiger partial charge in [-0.3, -0.25) is 9.59 Å². The van der Waals surface area contributed by atoms with Crippen molar-refractivity contribution in [2.75, 3.05) is 0 Å². The van der Waals surface area contributed by atoms with E-state index in [9.17, 15) is 9.59 Å². The summed E-state index contributed by atoms with van der Waals surface area (Å²) in [6, 6.07) is 11.1. The molecular weight excluding hydrogens is 350 g/mol. The Morgan fingerprint density at radius 1 is 1.31 bits per heavy atom. The Morgan fingerprint density at radius 2 is 2.08 bits per heavy atom. The molecule has 3 aromatic rings. The molecule has 0 saturated heterocycles. The van der Waals surface area contributed by atoms with E-state index in [1.807, 2.05) is 37.3 Å². The number of rotatable bonds is 5. The molecule has 4 rings (SSSR count). The number of aromatic nitrogens is 3. The van der Waals surface area contributed by atoms with Gasteiger partial charge in [0.25, 0.3) is 5.56 Å². The lowest BCUT2D eigenvalue weighted by molar-refractivity contribution is -0.156. The number of hydrogen-bond donors (Lipinski definition) is 0. The molecule has 1 aromatic carbocycles. The lowest BCUT2D eigenvalue weighted by Crippen LogP contribution is -2.43. The van der Waals surface area contributed by atoms with E-state index >= 15 is 0 Å². The molecule has 0 unspecified atom stereocenters. The van der Waals surface area contributed by atoms with Gasteiger partial charge >= 0.3 is 5.97 Å². The maximum Gasteiger partial charge on any atom is 0.316 e. The minimum Gasteiger partial charge on any atom is -0.458 e. The van der Waals surface area contributed by atoms with Crippen LogP contribution in [0.2, 0.25) is 0 Å². The molecule has 0 bridgehead atoms. The quantitative estimate of drug-likeness (QED) is 0.647. The highest BCUT2D eigenvalue weighted by atomic mass is 32.1. The standard InChI is InChI=1S/C19H19N3O3S/c1-2-15-21-22-16(23)11-14(20-18(22)26-15)12-25-17(24)19(9-6-10-19)13-7-4-3-5-8-13/h3-5,7-8,11H,2,6,9-10,12H2,1H3. The smallest absolute Gasteiger partial charge is 0.316 e. The van der Waals surface area contributed by atoms with E-state index in [2.05, 4.69) is 10.1 Å². The van der Waals surface area contributed by atoms with Gasteiger partial charge in [0.2, 0.25) is 4.96 Å². The monoisotopic (exact) mass is 369 g/mol. The summed E-state index contributed by atoms with van der Waals surface area (Å²) in [5.74, 6) is -0.240. The number of esters is 1. The first-order chi connectivity index (χ1) is 12.6. The van der Waals surface area contributed by atoms with Gasteiger partial charge in [0.1, 0.15) is 11.6 Å². The van der Waals surface area contributed by atoms with Crippen LogP contribution in [0.15, 0.2) is 41.2 Å². The number of ether oxygens (including phenoxy) is 1. The topological polar surface area (TPSA) is 73.6 Å². The maximum absolute atomic E-state index is 12.8. The SMILES string of the molecule is CCc1nn2c(=O)cc(COC(=O)C3(c4ccccc4)CCC3)nc2s1. The van der Waals surface area contributed by atoms with Crippen LogP contribution in [0.5, 0.6) is 0 Å². The molecule has 7 heteroatoms. The van der Waals surface area contributed by atoms with Gasteiger partial charge in [-0.15, -0.1) is 0 Å². The highest BCUT2D eigenvalue weighted by Gasteiger charge is 2.47. The van der Waals surface area contributed by atoms with Gasteiger partial charge in [0.15, 0.2) is 0 Å². The van der Waals surface area contributed by atoms with Crippen molar-refractivity contribution in [3.63, 3.8) is 0 Å². The summed E-state index contributed by atoms with van der Waals surface area (Å²) < 4.78 is 6.86. The average Bonchev–Trinajstić information content (AvgIpc) is 3.04. The highest BCUT2D eigenvalue weighted by molar-refractivity contribution is 7.16. The lowest BCUT2D eigenvalue weighted by atomic mass is 9.64. The third-order valence-corrected chi connectivity index (χ3v) is 5.97. The summed E-state index contributed by atoms with van der Waals surface area (Å²) in [5, 5.41) is 5.07. The molecule has 0 aliphatic heterocycles. The van der Waals surface area contributed by atoms with E-state index in [4.69, 9.17) is 4.74 Å². The van der Waals surface area contributed by atoms with Crippen LogP contribution in [0.1, 0.15) is 42.5 Å². The van der Waals surface area contributed by atoms with Crippen molar-refractivity contribution < 1.29 is 9.53 Å². The van der Waals surface area contributed by atoms with Crippen molar-refractivity contribution in [1.82, 2.24) is 14.6 Å². The fourth-order valence-electron chi connectivity index (χ4n) is 3.29. The van der Waals surface area contributed by atoms with Crippen LogP contribution in [0, 0.1) is 0 Å². The summed E-state index contributed by atoms with van der Waals surface area (Å²) in [4.78, 5) is 29.9. The molecule has 0 atom stereocenters. The molecule has 6 nitrogen and oxygen atoms in total. The minimum atomic E-state index is -0.555. The maximum atomic E-state index is 12.8. The first kappa shape index (κ1) is 16.9. The Kier molecular flexibility index (Phi) is 4.32. The Bertz CT molecular complexity index is 1010. The minimum absolute atomic E-state index is 0.00147. The number of carbonyl (C=O) groups excluding carboxylic acids is 1. The number of benzene rings is 1. The summed E-state index contributed by atoms with van der Waals surface area (Å²) in [6.45, 7) is 1.98. The molecule has 0 amide bonds. The zero-order valence-corrected chi connectivity index (χ0v) is 15.3. The van der Waals surface area contributed by atoms with Crippen molar-refractivity contribution in [2.45, 2.75) is 44.6 Å². The molecule has 1 saturated carbocycles. The van der Waals surface area contributed by atoms with Crippen molar-refractivity contribution >= 4 is 22.3 Å². The predicted octanol–water partition coefficient (Wildman–Crippen LogP) is 2.88. The van der Waals surface area contributed by atoms with E-state index in [-0.39, 0.29) is 18.1 Å². The zero-order valence-electron chi connectivity index (χ0n) is 14.5. The third kappa shape index (κ3) is 2.82. The van der Waals surface area contributed by atoms with Gasteiger partial charge in [-0.1, -0.05) is 55.0 Å². The highest BCUT2D eigenvalue weighted by Crippen LogP contribution is 2.44. The summed E-state index contributed by atoms with van der Waals surface area (Å²) >= 11 is 1.38. The van der Waals surface area contributed by atoms with Crippen molar-refractivity contribution in [1.29, 1.82) is 0 Å². The zero-order chi connectivity index (χ0) is 18.1. The number of hydrogen-bond acceptors (Lipinski definition) is 6. The van der Waals surface area contributed by atoms with E-state index in [0.717, 1.165) is 36.3 Å². The van der Waals surface area contributed by atoms with E-state index in [0.29, 0.717) is 10.7 Å². The lowest BCUT2D eigenvalue weighted by Gasteiger charge is -2.39. The third-order valence-electron chi connectivity index (χ3n) is 4.92. The van der Waals surface area contributed by atoms with Crippen LogP contribution in [0.4, 0.5) is 0 Å². The van der Waals surface area contributed by atoms with Gasteiger partial charge in [0, 0.05) is 6.07 Å². The molecule has 1 fully saturated rings. The van der Waals surface area contributed by atoms with Crippen LogP contribution in [0.3, 0.4) is 0 Å². The second-order valence-corrected chi connectivity index (χ2v) is 7.55. The van der Waals surface area contributed by atoms with Crippen molar-refractivity contribution in [3.8, 4) is 0 Å². The Morgan fingerprint density at radius 3 is 2.73 bits per heavy atom. The Labute approximate surface area is 154 Å². The fourth-order valence-corrected chi connectivity index (χ4v) is 4.15.